The summed E-state index contributed by atoms with van der Waals surface area (Å²) in [6, 6.07) is -0.429. The van der Waals surface area contributed by atoms with Crippen LogP contribution < -0.4 is 10.6 Å². The smallest absolute Gasteiger partial charge is 0.329 e. The Kier molecular flexibility index (Phi) is 4.50. The van der Waals surface area contributed by atoms with E-state index >= 15 is 0 Å². The molecule has 0 saturated heterocycles. The van der Waals surface area contributed by atoms with E-state index < -0.39 is 17.5 Å². The molecule has 1 saturated carbocycles. The molecule has 1 fully saturated rings. The highest BCUT2D eigenvalue weighted by atomic mass is 32.2. The fourth-order valence-corrected chi connectivity index (χ4v) is 1.66. The zero-order valence-electron chi connectivity index (χ0n) is 8.78. The number of hydrogen-bond donors (Lipinski definition) is 3. The van der Waals surface area contributed by atoms with Crippen molar-refractivity contribution in [2.45, 2.75) is 18.4 Å². The summed E-state index contributed by atoms with van der Waals surface area (Å²) in [5.74, 6) is 2.84. The summed E-state index contributed by atoms with van der Waals surface area (Å²) >= 11 is 1.54. The number of carboxylic acids is 1. The van der Waals surface area contributed by atoms with Gasteiger partial charge in [0.2, 0.25) is 0 Å². The van der Waals surface area contributed by atoms with Gasteiger partial charge in [-0.2, -0.15) is 0 Å². The van der Waals surface area contributed by atoms with Crippen LogP contribution in [0.5, 0.6) is 0 Å². The molecule has 1 aliphatic carbocycles. The number of terminal acetylenes is 1. The van der Waals surface area contributed by atoms with Gasteiger partial charge in [0.15, 0.2) is 0 Å². The van der Waals surface area contributed by atoms with Crippen molar-refractivity contribution in [2.24, 2.45) is 0 Å². The molecule has 88 valence electrons. The van der Waals surface area contributed by atoms with Crippen molar-refractivity contribution in [3.63, 3.8) is 0 Å². The van der Waals surface area contributed by atoms with E-state index in [1.165, 1.54) is 0 Å². The normalized spacial score (nSPS) is 15.9. The van der Waals surface area contributed by atoms with Gasteiger partial charge in [-0.15, -0.1) is 18.2 Å². The molecule has 0 aromatic rings. The van der Waals surface area contributed by atoms with E-state index in [0.29, 0.717) is 25.1 Å². The van der Waals surface area contributed by atoms with Crippen molar-refractivity contribution in [3.05, 3.63) is 0 Å². The molecule has 16 heavy (non-hydrogen) atoms. The maximum absolute atomic E-state index is 11.3. The number of aliphatic carboxylic acids is 1. The minimum atomic E-state index is -1.02. The summed E-state index contributed by atoms with van der Waals surface area (Å²) in [5.41, 5.74) is -1.02. The van der Waals surface area contributed by atoms with Crippen LogP contribution in [-0.4, -0.2) is 40.7 Å². The second kappa shape index (κ2) is 5.66. The van der Waals surface area contributed by atoms with Crippen LogP contribution in [0.25, 0.3) is 0 Å². The molecule has 2 amide bonds. The Balaban J connectivity index is 2.13. The zero-order chi connectivity index (χ0) is 12.0. The molecule has 0 aromatic carbocycles. The van der Waals surface area contributed by atoms with Crippen LogP contribution in [0.1, 0.15) is 12.8 Å². The van der Waals surface area contributed by atoms with Gasteiger partial charge in [-0.1, -0.05) is 5.92 Å². The van der Waals surface area contributed by atoms with Crippen LogP contribution in [0.2, 0.25) is 0 Å². The number of thioether (sulfide) groups is 1. The number of hydrogen-bond acceptors (Lipinski definition) is 3. The molecule has 1 aliphatic rings. The van der Waals surface area contributed by atoms with Crippen molar-refractivity contribution in [2.75, 3.05) is 18.1 Å². The van der Waals surface area contributed by atoms with Gasteiger partial charge in [-0.3, -0.25) is 0 Å². The molecule has 6 heteroatoms. The van der Waals surface area contributed by atoms with Crippen molar-refractivity contribution in [3.8, 4) is 12.3 Å². The number of rotatable bonds is 6. The molecule has 0 radical (unpaired) electrons. The van der Waals surface area contributed by atoms with Gasteiger partial charge >= 0.3 is 12.0 Å². The zero-order valence-corrected chi connectivity index (χ0v) is 9.60. The van der Waals surface area contributed by atoms with Gasteiger partial charge in [0, 0.05) is 12.3 Å². The molecular weight excluding hydrogens is 228 g/mol. The first-order chi connectivity index (χ1) is 7.60. The Morgan fingerprint density at radius 3 is 2.69 bits per heavy atom. The fourth-order valence-electron chi connectivity index (χ4n) is 1.15. The molecule has 0 unspecified atom stereocenters. The first-order valence-corrected chi connectivity index (χ1v) is 6.07. The van der Waals surface area contributed by atoms with Crippen molar-refractivity contribution in [1.29, 1.82) is 0 Å². The van der Waals surface area contributed by atoms with Gasteiger partial charge in [-0.25, -0.2) is 9.59 Å². The lowest BCUT2D eigenvalue weighted by Gasteiger charge is -2.12. The second-order valence-corrected chi connectivity index (χ2v) is 4.63. The van der Waals surface area contributed by atoms with E-state index in [9.17, 15) is 9.59 Å². The summed E-state index contributed by atoms with van der Waals surface area (Å²) in [7, 11) is 0. The number of carboxylic acid groups (broad SMARTS) is 1. The first-order valence-electron chi connectivity index (χ1n) is 4.91. The van der Waals surface area contributed by atoms with E-state index in [1.807, 2.05) is 0 Å². The average Bonchev–Trinajstić information content (AvgIpc) is 2.98. The summed E-state index contributed by atoms with van der Waals surface area (Å²) in [4.78, 5) is 22.1. The van der Waals surface area contributed by atoms with Crippen LogP contribution in [-0.2, 0) is 4.79 Å². The Hall–Kier alpha value is -1.35. The third-order valence-electron chi connectivity index (χ3n) is 2.23. The van der Waals surface area contributed by atoms with Crippen LogP contribution in [0.15, 0.2) is 0 Å². The van der Waals surface area contributed by atoms with E-state index in [4.69, 9.17) is 11.5 Å². The summed E-state index contributed by atoms with van der Waals surface area (Å²) < 4.78 is 0. The van der Waals surface area contributed by atoms with Crippen molar-refractivity contribution in [1.82, 2.24) is 10.6 Å². The molecule has 5 nitrogen and oxygen atoms in total. The Bertz CT molecular complexity index is 321. The molecule has 0 bridgehead atoms. The lowest BCUT2D eigenvalue weighted by atomic mass is 10.3. The standard InChI is InChI=1S/C10H14N2O3S/c1-2-6-16-7-5-11-9(15)12-10(3-4-10)8(13)14/h1H,3-7H2,(H,13,14)(H2,11,12,15). The molecule has 0 atom stereocenters. The monoisotopic (exact) mass is 242 g/mol. The minimum absolute atomic E-state index is 0.429. The Morgan fingerprint density at radius 2 is 2.19 bits per heavy atom. The van der Waals surface area contributed by atoms with Gasteiger partial charge in [-0.05, 0) is 12.8 Å². The van der Waals surface area contributed by atoms with Crippen LogP contribution in [0, 0.1) is 12.3 Å². The van der Waals surface area contributed by atoms with Gasteiger partial charge < -0.3 is 15.7 Å². The lowest BCUT2D eigenvalue weighted by molar-refractivity contribution is -0.140. The predicted molar refractivity (Wildman–Crippen MR) is 62.3 cm³/mol. The SMILES string of the molecule is C#CCSCCNC(=O)NC1(C(=O)O)CC1. The van der Waals surface area contributed by atoms with Gasteiger partial charge in [0.05, 0.1) is 5.75 Å². The highest BCUT2D eigenvalue weighted by molar-refractivity contribution is 7.99. The molecular formula is C10H14N2O3S. The summed E-state index contributed by atoms with van der Waals surface area (Å²) in [6.07, 6.45) is 6.06. The van der Waals surface area contributed by atoms with Gasteiger partial charge in [0.25, 0.3) is 0 Å². The molecule has 3 N–H and O–H groups in total. The van der Waals surface area contributed by atoms with Gasteiger partial charge in [0.1, 0.15) is 5.54 Å². The van der Waals surface area contributed by atoms with Crippen LogP contribution >= 0.6 is 11.8 Å². The van der Waals surface area contributed by atoms with E-state index in [0.717, 1.165) is 5.75 Å². The van der Waals surface area contributed by atoms with Crippen molar-refractivity contribution >= 4 is 23.8 Å². The quantitative estimate of drug-likeness (QED) is 0.461. The second-order valence-electron chi connectivity index (χ2n) is 3.52. The molecule has 0 spiro atoms. The lowest BCUT2D eigenvalue weighted by Crippen LogP contribution is -2.48. The first kappa shape index (κ1) is 12.7. The average molecular weight is 242 g/mol. The predicted octanol–water partition coefficient (Wildman–Crippen LogP) is 0.269. The van der Waals surface area contributed by atoms with E-state index in [2.05, 4.69) is 16.6 Å². The van der Waals surface area contributed by atoms with E-state index in [1.54, 1.807) is 11.8 Å². The topological polar surface area (TPSA) is 78.4 Å². The highest BCUT2D eigenvalue weighted by Crippen LogP contribution is 2.35. The number of amides is 2. The molecule has 0 aromatic heterocycles. The molecule has 0 heterocycles. The fraction of sp³-hybridized carbons (Fsp3) is 0.600. The number of nitrogens with one attached hydrogen (secondary N) is 2. The summed E-state index contributed by atoms with van der Waals surface area (Å²) in [6.45, 7) is 0.480. The number of carbonyl (C=O) groups is 2. The molecule has 1 rings (SSSR count). The minimum Gasteiger partial charge on any atom is -0.480 e. The highest BCUT2D eigenvalue weighted by Gasteiger charge is 2.51. The van der Waals surface area contributed by atoms with Crippen LogP contribution in [0.3, 0.4) is 0 Å². The van der Waals surface area contributed by atoms with E-state index in [-0.39, 0.29) is 0 Å². The largest absolute Gasteiger partial charge is 0.480 e. The Labute approximate surface area is 98.4 Å². The Morgan fingerprint density at radius 1 is 1.50 bits per heavy atom. The number of carbonyl (C=O) groups excluding carboxylic acids is 1. The van der Waals surface area contributed by atoms with Crippen molar-refractivity contribution < 1.29 is 14.7 Å². The maximum atomic E-state index is 11.3. The number of urea groups is 1. The maximum Gasteiger partial charge on any atom is 0.329 e. The summed E-state index contributed by atoms with van der Waals surface area (Å²) in [5, 5.41) is 13.9. The third-order valence-corrected chi connectivity index (χ3v) is 3.09. The third kappa shape index (κ3) is 3.66. The van der Waals surface area contributed by atoms with Crippen LogP contribution in [0.4, 0.5) is 4.79 Å². The molecule has 0 aliphatic heterocycles.